The van der Waals surface area contributed by atoms with E-state index in [1.54, 1.807) is 30.3 Å². The molecule has 1 N–H and O–H groups in total. The zero-order valence-electron chi connectivity index (χ0n) is 10.6. The van der Waals surface area contributed by atoms with Crippen LogP contribution in [-0.2, 0) is 11.2 Å². The first-order valence-corrected chi connectivity index (χ1v) is 5.99. The molecule has 0 saturated carbocycles. The van der Waals surface area contributed by atoms with Crippen molar-refractivity contribution >= 4 is 11.8 Å². The van der Waals surface area contributed by atoms with Crippen LogP contribution in [0.2, 0.25) is 0 Å². The van der Waals surface area contributed by atoms with Gasteiger partial charge in [-0.25, -0.2) is 0 Å². The molecule has 0 aliphatic rings. The summed E-state index contributed by atoms with van der Waals surface area (Å²) in [6.07, 6.45) is -0.0289. The molecule has 0 aromatic heterocycles. The van der Waals surface area contributed by atoms with Gasteiger partial charge in [-0.15, -0.1) is 0 Å². The summed E-state index contributed by atoms with van der Waals surface area (Å²) < 4.78 is 0. The number of aryl methyl sites for hydroxylation is 1. The van der Waals surface area contributed by atoms with Crippen LogP contribution in [0.1, 0.15) is 27.0 Å². The van der Waals surface area contributed by atoms with Gasteiger partial charge in [-0.3, -0.25) is 9.59 Å². The third kappa shape index (κ3) is 3.07. The van der Waals surface area contributed by atoms with Crippen molar-refractivity contribution in [1.29, 1.82) is 0 Å². The fraction of sp³-hybridized carbons (Fsp3) is 0.125. The Morgan fingerprint density at radius 1 is 1.00 bits per heavy atom. The maximum atomic E-state index is 12.3. The number of ketones is 1. The minimum Gasteiger partial charge on any atom is -0.481 e. The molecule has 96 valence electrons. The summed E-state index contributed by atoms with van der Waals surface area (Å²) in [7, 11) is 0. The van der Waals surface area contributed by atoms with Crippen LogP contribution in [0, 0.1) is 6.92 Å². The van der Waals surface area contributed by atoms with Crippen molar-refractivity contribution in [3.8, 4) is 0 Å². The Bertz CT molecular complexity index is 612. The van der Waals surface area contributed by atoms with Gasteiger partial charge in [-0.1, -0.05) is 48.5 Å². The zero-order chi connectivity index (χ0) is 13.8. The molecule has 0 bridgehead atoms. The Morgan fingerprint density at radius 3 is 2.21 bits per heavy atom. The summed E-state index contributed by atoms with van der Waals surface area (Å²) in [4.78, 5) is 22.9. The Kier molecular flexibility index (Phi) is 3.76. The average Bonchev–Trinajstić information content (AvgIpc) is 2.39. The van der Waals surface area contributed by atoms with E-state index >= 15 is 0 Å². The second-order valence-corrected chi connectivity index (χ2v) is 4.41. The predicted molar refractivity (Wildman–Crippen MR) is 72.4 cm³/mol. The lowest BCUT2D eigenvalue weighted by molar-refractivity contribution is -0.136. The molecular formula is C16H14O3. The Hall–Kier alpha value is -2.42. The highest BCUT2D eigenvalue weighted by Crippen LogP contribution is 2.14. The van der Waals surface area contributed by atoms with Crippen molar-refractivity contribution in [1.82, 2.24) is 0 Å². The lowest BCUT2D eigenvalue weighted by Crippen LogP contribution is -2.04. The molecule has 3 nitrogen and oxygen atoms in total. The quantitative estimate of drug-likeness (QED) is 0.853. The van der Waals surface area contributed by atoms with Crippen LogP contribution < -0.4 is 0 Å². The summed E-state index contributed by atoms with van der Waals surface area (Å²) >= 11 is 0. The van der Waals surface area contributed by atoms with Crippen molar-refractivity contribution in [3.05, 3.63) is 70.8 Å². The summed E-state index contributed by atoms with van der Waals surface area (Å²) in [6.45, 7) is 1.89. The van der Waals surface area contributed by atoms with Crippen LogP contribution in [0.5, 0.6) is 0 Å². The van der Waals surface area contributed by atoms with Gasteiger partial charge in [0.25, 0.3) is 0 Å². The van der Waals surface area contributed by atoms with E-state index in [1.165, 1.54) is 0 Å². The van der Waals surface area contributed by atoms with Gasteiger partial charge in [0.15, 0.2) is 5.78 Å². The third-order valence-corrected chi connectivity index (χ3v) is 2.96. The van der Waals surface area contributed by atoms with Crippen molar-refractivity contribution in [2.45, 2.75) is 13.3 Å². The van der Waals surface area contributed by atoms with Crippen LogP contribution in [0.3, 0.4) is 0 Å². The van der Waals surface area contributed by atoms with E-state index in [-0.39, 0.29) is 12.2 Å². The van der Waals surface area contributed by atoms with Gasteiger partial charge in [0.2, 0.25) is 0 Å². The number of aliphatic carboxylic acids is 1. The molecular weight excluding hydrogens is 240 g/mol. The first-order valence-electron chi connectivity index (χ1n) is 5.99. The number of carbonyl (C=O) groups is 2. The Morgan fingerprint density at radius 2 is 1.63 bits per heavy atom. The van der Waals surface area contributed by atoms with Crippen LogP contribution >= 0.6 is 0 Å². The molecule has 0 aliphatic carbocycles. The highest BCUT2D eigenvalue weighted by Gasteiger charge is 2.11. The molecule has 0 radical (unpaired) electrons. The minimum absolute atomic E-state index is 0.0289. The van der Waals surface area contributed by atoms with E-state index in [1.807, 2.05) is 25.1 Å². The molecule has 0 spiro atoms. The maximum Gasteiger partial charge on any atom is 0.307 e. The number of hydrogen-bond donors (Lipinski definition) is 1. The number of benzene rings is 2. The molecule has 2 aromatic rings. The average molecular weight is 254 g/mol. The van der Waals surface area contributed by atoms with Gasteiger partial charge < -0.3 is 5.11 Å². The molecule has 2 aromatic carbocycles. The number of carboxylic acid groups (broad SMARTS) is 1. The van der Waals surface area contributed by atoms with Gasteiger partial charge in [-0.2, -0.15) is 0 Å². The summed E-state index contributed by atoms with van der Waals surface area (Å²) in [6, 6.07) is 14.1. The van der Waals surface area contributed by atoms with Crippen LogP contribution in [0.15, 0.2) is 48.5 Å². The first kappa shape index (κ1) is 13.0. The Balaban J connectivity index is 2.25. The van der Waals surface area contributed by atoms with Crippen molar-refractivity contribution in [2.24, 2.45) is 0 Å². The van der Waals surface area contributed by atoms with Crippen molar-refractivity contribution in [3.63, 3.8) is 0 Å². The molecule has 3 heteroatoms. The maximum absolute atomic E-state index is 12.3. The van der Waals surface area contributed by atoms with Gasteiger partial charge in [-0.05, 0) is 18.1 Å². The standard InChI is InChI=1S/C16H14O3/c1-11-4-2-3-5-14(11)16(19)13-8-6-12(7-9-13)10-15(17)18/h2-9H,10H2,1H3,(H,17,18). The number of carbonyl (C=O) groups excluding carboxylic acids is 1. The predicted octanol–water partition coefficient (Wildman–Crippen LogP) is 2.85. The topological polar surface area (TPSA) is 54.4 Å². The molecule has 0 saturated heterocycles. The summed E-state index contributed by atoms with van der Waals surface area (Å²) in [5, 5.41) is 8.69. The normalized spacial score (nSPS) is 10.2. The zero-order valence-corrected chi connectivity index (χ0v) is 10.6. The fourth-order valence-electron chi connectivity index (χ4n) is 1.93. The molecule has 0 fully saturated rings. The highest BCUT2D eigenvalue weighted by molar-refractivity contribution is 6.09. The van der Waals surface area contributed by atoms with Gasteiger partial charge in [0, 0.05) is 11.1 Å². The number of rotatable bonds is 4. The first-order chi connectivity index (χ1) is 9.08. The van der Waals surface area contributed by atoms with E-state index in [0.717, 1.165) is 5.56 Å². The minimum atomic E-state index is -0.877. The molecule has 0 heterocycles. The van der Waals surface area contributed by atoms with Crippen LogP contribution in [-0.4, -0.2) is 16.9 Å². The van der Waals surface area contributed by atoms with Gasteiger partial charge >= 0.3 is 5.97 Å². The summed E-state index contributed by atoms with van der Waals surface area (Å²) in [5.41, 5.74) is 2.87. The van der Waals surface area contributed by atoms with E-state index < -0.39 is 5.97 Å². The summed E-state index contributed by atoms with van der Waals surface area (Å²) in [5.74, 6) is -0.919. The fourth-order valence-corrected chi connectivity index (χ4v) is 1.93. The van der Waals surface area contributed by atoms with E-state index in [4.69, 9.17) is 5.11 Å². The molecule has 19 heavy (non-hydrogen) atoms. The third-order valence-electron chi connectivity index (χ3n) is 2.96. The molecule has 2 rings (SSSR count). The monoisotopic (exact) mass is 254 g/mol. The van der Waals surface area contributed by atoms with Crippen molar-refractivity contribution < 1.29 is 14.7 Å². The lowest BCUT2D eigenvalue weighted by atomic mass is 9.98. The highest BCUT2D eigenvalue weighted by atomic mass is 16.4. The van der Waals surface area contributed by atoms with E-state index in [2.05, 4.69) is 0 Å². The molecule has 0 atom stereocenters. The van der Waals surface area contributed by atoms with Crippen molar-refractivity contribution in [2.75, 3.05) is 0 Å². The number of carboxylic acids is 1. The molecule has 0 amide bonds. The van der Waals surface area contributed by atoms with E-state index in [0.29, 0.717) is 16.7 Å². The molecule has 0 unspecified atom stereocenters. The van der Waals surface area contributed by atoms with Crippen LogP contribution in [0.25, 0.3) is 0 Å². The second-order valence-electron chi connectivity index (χ2n) is 4.41. The largest absolute Gasteiger partial charge is 0.481 e. The SMILES string of the molecule is Cc1ccccc1C(=O)c1ccc(CC(=O)O)cc1. The van der Waals surface area contributed by atoms with Gasteiger partial charge in [0.05, 0.1) is 6.42 Å². The smallest absolute Gasteiger partial charge is 0.307 e. The van der Waals surface area contributed by atoms with E-state index in [9.17, 15) is 9.59 Å². The Labute approximate surface area is 111 Å². The molecule has 0 aliphatic heterocycles. The second kappa shape index (κ2) is 5.48. The number of hydrogen-bond acceptors (Lipinski definition) is 2. The van der Waals surface area contributed by atoms with Crippen LogP contribution in [0.4, 0.5) is 0 Å². The van der Waals surface area contributed by atoms with Gasteiger partial charge in [0.1, 0.15) is 0 Å². The lowest BCUT2D eigenvalue weighted by Gasteiger charge is -2.05.